The van der Waals surface area contributed by atoms with Crippen LogP contribution in [0.1, 0.15) is 25.5 Å². The van der Waals surface area contributed by atoms with Gasteiger partial charge in [-0.05, 0) is 38.9 Å². The maximum Gasteiger partial charge on any atom is 0.213 e. The van der Waals surface area contributed by atoms with Gasteiger partial charge in [-0.1, -0.05) is 0 Å². The van der Waals surface area contributed by atoms with Crippen LogP contribution in [0.5, 0.6) is 0 Å². The molecule has 3 heterocycles. The van der Waals surface area contributed by atoms with Crippen LogP contribution in [0.25, 0.3) is 0 Å². The van der Waals surface area contributed by atoms with Crippen molar-refractivity contribution in [2.45, 2.75) is 38.5 Å². The van der Waals surface area contributed by atoms with Gasteiger partial charge in [0.15, 0.2) is 0 Å². The summed E-state index contributed by atoms with van der Waals surface area (Å²) in [6.45, 7) is 4.22. The molecule has 0 spiro atoms. The molecule has 2 aliphatic heterocycles. The van der Waals surface area contributed by atoms with Gasteiger partial charge in [-0.25, -0.2) is 8.42 Å². The second-order valence-corrected chi connectivity index (χ2v) is 8.77. The second kappa shape index (κ2) is 6.93. The minimum Gasteiger partial charge on any atom is -0.468 e. The number of furan rings is 1. The molecule has 0 radical (unpaired) electrons. The van der Waals surface area contributed by atoms with Crippen LogP contribution in [0.3, 0.4) is 0 Å². The van der Waals surface area contributed by atoms with Gasteiger partial charge in [0.05, 0.1) is 30.7 Å². The van der Waals surface area contributed by atoms with E-state index in [0.29, 0.717) is 19.6 Å². The summed E-state index contributed by atoms with van der Waals surface area (Å²) in [5.41, 5.74) is 0. The summed E-state index contributed by atoms with van der Waals surface area (Å²) in [5.74, 6) is 1.32. The topological polar surface area (TPSA) is 63.0 Å². The summed E-state index contributed by atoms with van der Waals surface area (Å²) < 4.78 is 37.9. The van der Waals surface area contributed by atoms with Crippen molar-refractivity contribution < 1.29 is 17.6 Å². The van der Waals surface area contributed by atoms with Gasteiger partial charge in [0.1, 0.15) is 5.76 Å². The number of fused-ring (bicyclic) bond motifs is 1. The smallest absolute Gasteiger partial charge is 0.213 e. The summed E-state index contributed by atoms with van der Waals surface area (Å²) >= 11 is 0. The zero-order chi connectivity index (χ0) is 16.4. The van der Waals surface area contributed by atoms with E-state index in [-0.39, 0.29) is 23.8 Å². The minimum absolute atomic E-state index is 0.0560. The first kappa shape index (κ1) is 17.0. The fraction of sp³-hybridized carbons (Fsp3) is 0.750. The third-order valence-electron chi connectivity index (χ3n) is 5.01. The molecule has 0 saturated carbocycles. The first-order valence-corrected chi connectivity index (χ1v) is 9.94. The highest BCUT2D eigenvalue weighted by atomic mass is 32.2. The highest BCUT2D eigenvalue weighted by molar-refractivity contribution is 7.89. The minimum atomic E-state index is -3.17. The Hall–Kier alpha value is -0.890. The Morgan fingerprint density at radius 1 is 1.39 bits per heavy atom. The maximum atomic E-state index is 12.4. The van der Waals surface area contributed by atoms with E-state index < -0.39 is 10.0 Å². The zero-order valence-corrected chi connectivity index (χ0v) is 14.7. The van der Waals surface area contributed by atoms with Crippen molar-refractivity contribution in [1.82, 2.24) is 9.21 Å². The number of sulfonamides is 1. The Kier molecular flexibility index (Phi) is 5.10. The molecule has 0 aliphatic carbocycles. The first-order chi connectivity index (χ1) is 11.0. The molecule has 0 N–H and O–H groups in total. The average molecular weight is 342 g/mol. The molecule has 130 valence electrons. The predicted molar refractivity (Wildman–Crippen MR) is 87.5 cm³/mol. The van der Waals surface area contributed by atoms with Gasteiger partial charge < -0.3 is 9.15 Å². The van der Waals surface area contributed by atoms with E-state index in [1.807, 2.05) is 19.2 Å². The molecule has 2 fully saturated rings. The molecule has 23 heavy (non-hydrogen) atoms. The standard InChI is InChI=1S/C16H26N2O4S/c1-3-23(19,20)18-10-13-6-4-9-22-16(13)15(12-18)17(2)11-14-7-5-8-21-14/h5,7-8,13,15-16H,3-4,6,9-12H2,1-2H3/t13-,15-,16+/m0/s1. The Balaban J connectivity index is 1.79. The maximum absolute atomic E-state index is 12.4. The number of hydrogen-bond donors (Lipinski definition) is 0. The number of piperidine rings is 1. The third-order valence-corrected chi connectivity index (χ3v) is 6.83. The Labute approximate surface area is 138 Å². The van der Waals surface area contributed by atoms with E-state index >= 15 is 0 Å². The summed E-state index contributed by atoms with van der Waals surface area (Å²) in [6.07, 6.45) is 3.81. The number of nitrogens with zero attached hydrogens (tertiary/aromatic N) is 2. The number of ether oxygens (including phenoxy) is 1. The van der Waals surface area contributed by atoms with Crippen molar-refractivity contribution in [3.63, 3.8) is 0 Å². The van der Waals surface area contributed by atoms with Gasteiger partial charge in [-0.15, -0.1) is 0 Å². The summed E-state index contributed by atoms with van der Waals surface area (Å²) in [5, 5.41) is 0. The van der Waals surface area contributed by atoms with Crippen LogP contribution in [0.4, 0.5) is 0 Å². The molecule has 2 aliphatic rings. The van der Waals surface area contributed by atoms with Crippen LogP contribution in [0.2, 0.25) is 0 Å². The van der Waals surface area contributed by atoms with Gasteiger partial charge in [0.2, 0.25) is 10.0 Å². The predicted octanol–water partition coefficient (Wildman–Crippen LogP) is 1.54. The lowest BCUT2D eigenvalue weighted by molar-refractivity contribution is -0.0996. The van der Waals surface area contributed by atoms with Crippen LogP contribution in [0, 0.1) is 5.92 Å². The number of rotatable bonds is 5. The van der Waals surface area contributed by atoms with Crippen LogP contribution in [-0.4, -0.2) is 62.3 Å². The lowest BCUT2D eigenvalue weighted by atomic mass is 9.86. The van der Waals surface area contributed by atoms with E-state index in [4.69, 9.17) is 9.15 Å². The Morgan fingerprint density at radius 3 is 2.91 bits per heavy atom. The molecule has 0 aromatic carbocycles. The summed E-state index contributed by atoms with van der Waals surface area (Å²) in [6, 6.07) is 3.87. The van der Waals surface area contributed by atoms with E-state index in [9.17, 15) is 8.42 Å². The number of likely N-dealkylation sites (N-methyl/N-ethyl adjacent to an activating group) is 1. The Morgan fingerprint density at radius 2 is 2.22 bits per heavy atom. The monoisotopic (exact) mass is 342 g/mol. The van der Waals surface area contributed by atoms with Gasteiger partial charge in [-0.2, -0.15) is 4.31 Å². The molecular weight excluding hydrogens is 316 g/mol. The van der Waals surface area contributed by atoms with Crippen LogP contribution in [-0.2, 0) is 21.3 Å². The normalized spacial score (nSPS) is 29.6. The fourth-order valence-electron chi connectivity index (χ4n) is 3.70. The van der Waals surface area contributed by atoms with Crippen LogP contribution in [0.15, 0.2) is 22.8 Å². The van der Waals surface area contributed by atoms with Crippen molar-refractivity contribution in [3.8, 4) is 0 Å². The molecule has 1 aromatic rings. The molecular formula is C16H26N2O4S. The molecule has 6 nitrogen and oxygen atoms in total. The van der Waals surface area contributed by atoms with E-state index in [2.05, 4.69) is 4.90 Å². The van der Waals surface area contributed by atoms with Crippen molar-refractivity contribution >= 4 is 10.0 Å². The molecule has 1 aromatic heterocycles. The summed E-state index contributed by atoms with van der Waals surface area (Å²) in [4.78, 5) is 2.17. The first-order valence-electron chi connectivity index (χ1n) is 8.33. The van der Waals surface area contributed by atoms with Crippen LogP contribution >= 0.6 is 0 Å². The van der Waals surface area contributed by atoms with Crippen molar-refractivity contribution in [3.05, 3.63) is 24.2 Å². The quantitative estimate of drug-likeness (QED) is 0.812. The fourth-order valence-corrected chi connectivity index (χ4v) is 4.86. The lowest BCUT2D eigenvalue weighted by Gasteiger charge is -2.48. The molecule has 0 unspecified atom stereocenters. The van der Waals surface area contributed by atoms with Crippen molar-refractivity contribution in [1.29, 1.82) is 0 Å². The highest BCUT2D eigenvalue weighted by Gasteiger charge is 2.43. The molecule has 0 amide bonds. The van der Waals surface area contributed by atoms with Crippen LogP contribution < -0.4 is 0 Å². The highest BCUT2D eigenvalue weighted by Crippen LogP contribution is 2.32. The largest absolute Gasteiger partial charge is 0.468 e. The van der Waals surface area contributed by atoms with Gasteiger partial charge in [-0.3, -0.25) is 4.90 Å². The zero-order valence-electron chi connectivity index (χ0n) is 13.8. The average Bonchev–Trinajstić information content (AvgIpc) is 3.06. The van der Waals surface area contributed by atoms with Gasteiger partial charge >= 0.3 is 0 Å². The molecule has 3 rings (SSSR count). The van der Waals surface area contributed by atoms with Crippen molar-refractivity contribution in [2.75, 3.05) is 32.5 Å². The lowest BCUT2D eigenvalue weighted by Crippen LogP contribution is -2.61. The molecule has 3 atom stereocenters. The second-order valence-electron chi connectivity index (χ2n) is 6.52. The SMILES string of the molecule is CCS(=O)(=O)N1C[C@@H]2CCCO[C@H]2[C@@H](N(C)Cc2ccco2)C1. The Bertz CT molecular complexity index is 602. The van der Waals surface area contributed by atoms with E-state index in [1.54, 1.807) is 17.5 Å². The van der Waals surface area contributed by atoms with E-state index in [0.717, 1.165) is 25.2 Å². The van der Waals surface area contributed by atoms with Gasteiger partial charge in [0, 0.05) is 25.6 Å². The van der Waals surface area contributed by atoms with Crippen molar-refractivity contribution in [2.24, 2.45) is 5.92 Å². The van der Waals surface area contributed by atoms with Gasteiger partial charge in [0.25, 0.3) is 0 Å². The molecule has 7 heteroatoms. The third kappa shape index (κ3) is 3.63. The van der Waals surface area contributed by atoms with E-state index in [1.165, 1.54) is 0 Å². The molecule has 0 bridgehead atoms. The number of hydrogen-bond acceptors (Lipinski definition) is 5. The summed E-state index contributed by atoms with van der Waals surface area (Å²) in [7, 11) is -1.15. The molecule has 2 saturated heterocycles.